The molecule has 0 aliphatic carbocycles. The van der Waals surface area contributed by atoms with Crippen LogP contribution in [0.2, 0.25) is 0 Å². The molecule has 1 aromatic heterocycles. The van der Waals surface area contributed by atoms with Crippen molar-refractivity contribution in [2.24, 2.45) is 0 Å². The van der Waals surface area contributed by atoms with Gasteiger partial charge in [-0.05, 0) is 55.4 Å². The third kappa shape index (κ3) is 3.05. The van der Waals surface area contributed by atoms with Crippen LogP contribution in [0.5, 0.6) is 0 Å². The van der Waals surface area contributed by atoms with Crippen molar-refractivity contribution in [3.8, 4) is 0 Å². The van der Waals surface area contributed by atoms with Gasteiger partial charge in [-0.3, -0.25) is 4.79 Å². The molecule has 1 aromatic carbocycles. The minimum Gasteiger partial charge on any atom is -0.429 e. The number of aromatic amines is 1. The van der Waals surface area contributed by atoms with E-state index in [4.69, 9.17) is 21.4 Å². The minimum atomic E-state index is -0.0677. The number of rotatable bonds is 2. The summed E-state index contributed by atoms with van der Waals surface area (Å²) in [7, 11) is 0. The van der Waals surface area contributed by atoms with E-state index in [-0.39, 0.29) is 17.6 Å². The van der Waals surface area contributed by atoms with Gasteiger partial charge in [0.15, 0.2) is 5.58 Å². The van der Waals surface area contributed by atoms with Crippen LogP contribution >= 0.6 is 24.0 Å². The third-order valence-electron chi connectivity index (χ3n) is 4.58. The Morgan fingerprint density at radius 3 is 3.22 bits per heavy atom. The standard InChI is InChI=1S/C16H18N2O3S2/c19-14(10-1-2-12-13(7-10)21-15(22)18-12)17-11-3-5-20-16(8-11)4-6-23-9-16/h1-2,7,11H,3-6,8-9H2,(H,17,19)(H,18,22). The predicted molar refractivity (Wildman–Crippen MR) is 92.5 cm³/mol. The van der Waals surface area contributed by atoms with Crippen LogP contribution in [-0.4, -0.2) is 40.6 Å². The largest absolute Gasteiger partial charge is 0.429 e. The lowest BCUT2D eigenvalue weighted by Crippen LogP contribution is -2.48. The van der Waals surface area contributed by atoms with Gasteiger partial charge in [0.1, 0.15) is 0 Å². The maximum Gasteiger partial charge on any atom is 0.266 e. The van der Waals surface area contributed by atoms with E-state index >= 15 is 0 Å². The fourth-order valence-electron chi connectivity index (χ4n) is 3.37. The number of hydrogen-bond donors (Lipinski definition) is 2. The van der Waals surface area contributed by atoms with Gasteiger partial charge in [0.2, 0.25) is 0 Å². The molecule has 2 atom stereocenters. The second-order valence-electron chi connectivity index (χ2n) is 6.22. The molecule has 2 aromatic rings. The van der Waals surface area contributed by atoms with E-state index in [1.165, 1.54) is 0 Å². The lowest BCUT2D eigenvalue weighted by molar-refractivity contribution is -0.0688. The van der Waals surface area contributed by atoms with E-state index in [9.17, 15) is 4.79 Å². The summed E-state index contributed by atoms with van der Waals surface area (Å²) in [5.74, 6) is 2.12. The molecule has 23 heavy (non-hydrogen) atoms. The zero-order valence-corrected chi connectivity index (χ0v) is 14.2. The summed E-state index contributed by atoms with van der Waals surface area (Å²) < 4.78 is 11.4. The van der Waals surface area contributed by atoms with Gasteiger partial charge in [-0.1, -0.05) is 0 Å². The van der Waals surface area contributed by atoms with Crippen LogP contribution in [0.15, 0.2) is 22.6 Å². The summed E-state index contributed by atoms with van der Waals surface area (Å²) >= 11 is 6.91. The molecule has 1 amide bonds. The SMILES string of the molecule is O=C(NC1CCOC2(CCSC2)C1)c1ccc2[nH]c(=S)oc2c1. The van der Waals surface area contributed by atoms with Crippen molar-refractivity contribution in [3.05, 3.63) is 28.6 Å². The van der Waals surface area contributed by atoms with Gasteiger partial charge in [0.05, 0.1) is 11.1 Å². The van der Waals surface area contributed by atoms with Crippen LogP contribution in [0, 0.1) is 4.84 Å². The van der Waals surface area contributed by atoms with Gasteiger partial charge in [0.25, 0.3) is 10.7 Å². The number of H-pyrrole nitrogens is 1. The van der Waals surface area contributed by atoms with Crippen LogP contribution < -0.4 is 5.32 Å². The molecule has 4 rings (SSSR count). The Bertz CT molecular complexity index is 792. The van der Waals surface area contributed by atoms with Crippen LogP contribution in [0.1, 0.15) is 29.6 Å². The van der Waals surface area contributed by atoms with Crippen molar-refractivity contribution in [1.82, 2.24) is 10.3 Å². The number of fused-ring (bicyclic) bond motifs is 1. The molecule has 5 nitrogen and oxygen atoms in total. The summed E-state index contributed by atoms with van der Waals surface area (Å²) in [4.78, 5) is 15.8. The zero-order valence-electron chi connectivity index (χ0n) is 12.6. The third-order valence-corrected chi connectivity index (χ3v) is 5.99. The molecular formula is C16H18N2O3S2. The number of amides is 1. The fraction of sp³-hybridized carbons (Fsp3) is 0.500. The van der Waals surface area contributed by atoms with Crippen LogP contribution in [0.4, 0.5) is 0 Å². The molecule has 122 valence electrons. The maximum atomic E-state index is 12.5. The molecule has 2 aliphatic heterocycles. The highest BCUT2D eigenvalue weighted by molar-refractivity contribution is 7.99. The number of oxazole rings is 1. The molecule has 0 radical (unpaired) electrons. The Morgan fingerprint density at radius 2 is 2.39 bits per heavy atom. The number of hydrogen-bond acceptors (Lipinski definition) is 5. The Morgan fingerprint density at radius 1 is 1.48 bits per heavy atom. The van der Waals surface area contributed by atoms with E-state index < -0.39 is 0 Å². The normalized spacial score (nSPS) is 27.6. The average molecular weight is 350 g/mol. The fourth-order valence-corrected chi connectivity index (χ4v) is 4.95. The molecule has 2 fully saturated rings. The molecule has 3 heterocycles. The van der Waals surface area contributed by atoms with Gasteiger partial charge in [-0.15, -0.1) is 0 Å². The second-order valence-corrected chi connectivity index (χ2v) is 7.70. The smallest absolute Gasteiger partial charge is 0.266 e. The van der Waals surface area contributed by atoms with Crippen molar-refractivity contribution >= 4 is 41.0 Å². The van der Waals surface area contributed by atoms with E-state index in [0.29, 0.717) is 16.0 Å². The van der Waals surface area contributed by atoms with Gasteiger partial charge >= 0.3 is 0 Å². The van der Waals surface area contributed by atoms with Gasteiger partial charge in [-0.25, -0.2) is 0 Å². The van der Waals surface area contributed by atoms with Crippen molar-refractivity contribution in [1.29, 1.82) is 0 Å². The van der Waals surface area contributed by atoms with Crippen molar-refractivity contribution in [2.45, 2.75) is 30.9 Å². The number of ether oxygens (including phenoxy) is 1. The van der Waals surface area contributed by atoms with Crippen LogP contribution in [0.3, 0.4) is 0 Å². The summed E-state index contributed by atoms with van der Waals surface area (Å²) in [6, 6.07) is 5.52. The first kappa shape index (κ1) is 15.2. The van der Waals surface area contributed by atoms with E-state index in [0.717, 1.165) is 42.9 Å². The molecule has 2 unspecified atom stereocenters. The maximum absolute atomic E-state index is 12.5. The van der Waals surface area contributed by atoms with E-state index in [2.05, 4.69) is 10.3 Å². The summed E-state index contributed by atoms with van der Waals surface area (Å²) in [5, 5.41) is 3.15. The molecule has 7 heteroatoms. The number of nitrogens with one attached hydrogen (secondary N) is 2. The van der Waals surface area contributed by atoms with E-state index in [1.54, 1.807) is 12.1 Å². The first-order valence-corrected chi connectivity index (χ1v) is 9.35. The number of benzene rings is 1. The zero-order chi connectivity index (χ0) is 15.9. The average Bonchev–Trinajstić information content (AvgIpc) is 3.12. The number of carbonyl (C=O) groups is 1. The quantitative estimate of drug-likeness (QED) is 0.814. The van der Waals surface area contributed by atoms with Crippen LogP contribution in [0.25, 0.3) is 11.1 Å². The predicted octanol–water partition coefficient (Wildman–Crippen LogP) is 3.27. The highest BCUT2D eigenvalue weighted by Crippen LogP contribution is 2.38. The highest BCUT2D eigenvalue weighted by Gasteiger charge is 2.40. The van der Waals surface area contributed by atoms with Crippen molar-refractivity contribution in [3.63, 3.8) is 0 Å². The Balaban J connectivity index is 1.48. The van der Waals surface area contributed by atoms with Crippen molar-refractivity contribution < 1.29 is 13.9 Å². The van der Waals surface area contributed by atoms with Gasteiger partial charge in [-0.2, -0.15) is 11.8 Å². The van der Waals surface area contributed by atoms with E-state index in [1.807, 2.05) is 17.8 Å². The summed E-state index contributed by atoms with van der Waals surface area (Å²) in [6.07, 6.45) is 2.85. The number of thioether (sulfide) groups is 1. The van der Waals surface area contributed by atoms with Gasteiger partial charge < -0.3 is 19.5 Å². The lowest BCUT2D eigenvalue weighted by atomic mass is 9.89. The summed E-state index contributed by atoms with van der Waals surface area (Å²) in [5.41, 5.74) is 1.98. The van der Waals surface area contributed by atoms with Crippen molar-refractivity contribution in [2.75, 3.05) is 18.1 Å². The van der Waals surface area contributed by atoms with Crippen LogP contribution in [-0.2, 0) is 4.74 Å². The summed E-state index contributed by atoms with van der Waals surface area (Å²) in [6.45, 7) is 0.719. The molecule has 0 saturated carbocycles. The first-order valence-electron chi connectivity index (χ1n) is 7.79. The molecule has 2 aliphatic rings. The first-order chi connectivity index (χ1) is 11.1. The minimum absolute atomic E-state index is 0.0297. The van der Waals surface area contributed by atoms with Gasteiger partial charge in [0, 0.05) is 24.0 Å². The monoisotopic (exact) mass is 350 g/mol. The molecule has 2 N–H and O–H groups in total. The molecule has 0 bridgehead atoms. The molecule has 1 spiro atoms. The lowest BCUT2D eigenvalue weighted by Gasteiger charge is -2.38. The topological polar surface area (TPSA) is 67.3 Å². The Kier molecular flexibility index (Phi) is 3.95. The molecule has 2 saturated heterocycles. The Hall–Kier alpha value is -1.31. The second kappa shape index (κ2) is 5.96. The number of carbonyl (C=O) groups excluding carboxylic acids is 1. The molecular weight excluding hydrogens is 332 g/mol. The Labute approximate surface area is 143 Å². The number of aromatic nitrogens is 1. The highest BCUT2D eigenvalue weighted by atomic mass is 32.2.